The molecule has 0 spiro atoms. The van der Waals surface area contributed by atoms with Gasteiger partial charge in [-0.3, -0.25) is 0 Å². The van der Waals surface area contributed by atoms with Crippen molar-refractivity contribution in [3.05, 3.63) is 60.3 Å². The van der Waals surface area contributed by atoms with Gasteiger partial charge in [-0.25, -0.2) is 4.57 Å². The van der Waals surface area contributed by atoms with Gasteiger partial charge in [0, 0.05) is 5.56 Å². The summed E-state index contributed by atoms with van der Waals surface area (Å²) in [6.45, 7) is 5.46. The Labute approximate surface area is 146 Å². The van der Waals surface area contributed by atoms with E-state index in [-0.39, 0.29) is 0 Å². The van der Waals surface area contributed by atoms with Crippen molar-refractivity contribution >= 4 is 11.8 Å². The van der Waals surface area contributed by atoms with Crippen molar-refractivity contribution in [2.75, 3.05) is 7.11 Å². The highest BCUT2D eigenvalue weighted by Crippen LogP contribution is 2.33. The van der Waals surface area contributed by atoms with Gasteiger partial charge in [0.25, 0.3) is 0 Å². The van der Waals surface area contributed by atoms with Crippen molar-refractivity contribution in [1.82, 2.24) is 4.57 Å². The number of hydrogen-bond acceptors (Lipinski definition) is 2. The van der Waals surface area contributed by atoms with Crippen molar-refractivity contribution < 1.29 is 9.30 Å². The second-order valence-corrected chi connectivity index (χ2v) is 7.68. The Bertz CT molecular complexity index is 866. The highest BCUT2D eigenvalue weighted by atomic mass is 32.2. The van der Waals surface area contributed by atoms with Crippen molar-refractivity contribution in [3.63, 3.8) is 0 Å². The average Bonchev–Trinajstić information content (AvgIpc) is 3.13. The quantitative estimate of drug-likeness (QED) is 0.665. The molecule has 0 amide bonds. The molecule has 24 heavy (non-hydrogen) atoms. The Kier molecular flexibility index (Phi) is 3.85. The minimum Gasteiger partial charge on any atom is -0.497 e. The lowest BCUT2D eigenvalue weighted by Crippen LogP contribution is -2.35. The molecule has 1 aliphatic heterocycles. The van der Waals surface area contributed by atoms with E-state index in [0.717, 1.165) is 12.3 Å². The number of benzene rings is 2. The first-order chi connectivity index (χ1) is 11.7. The minimum atomic E-state index is 0.592. The monoisotopic (exact) mass is 337 g/mol. The molecule has 0 N–H and O–H groups in total. The van der Waals surface area contributed by atoms with E-state index < -0.39 is 0 Å². The van der Waals surface area contributed by atoms with Gasteiger partial charge in [0.15, 0.2) is 5.69 Å². The Morgan fingerprint density at radius 2 is 1.79 bits per heavy atom. The van der Waals surface area contributed by atoms with E-state index in [2.05, 4.69) is 65.6 Å². The maximum absolute atomic E-state index is 5.28. The van der Waals surface area contributed by atoms with E-state index in [1.54, 1.807) is 7.11 Å². The molecule has 122 valence electrons. The van der Waals surface area contributed by atoms with Crippen LogP contribution < -0.4 is 9.30 Å². The van der Waals surface area contributed by atoms with Crippen LogP contribution in [0.5, 0.6) is 5.75 Å². The number of hydrogen-bond donors (Lipinski definition) is 0. The van der Waals surface area contributed by atoms with Gasteiger partial charge in [0.05, 0.1) is 12.4 Å². The molecule has 0 unspecified atom stereocenters. The number of rotatable bonds is 3. The van der Waals surface area contributed by atoms with Gasteiger partial charge in [-0.2, -0.15) is 4.57 Å². The number of fused-ring (bicyclic) bond motifs is 1. The summed E-state index contributed by atoms with van der Waals surface area (Å²) >= 11 is 1.94. The standard InChI is InChI=1S/C20H21N2OS/c1-14-4-6-16(7-5-14)19-13-21(20-22(19)12-15(2)24-20)17-8-10-18(23-3)11-9-17/h4-11,13,15H,12H2,1-3H3/q+1/t15-/m0/s1. The molecule has 2 heterocycles. The molecule has 0 saturated carbocycles. The molecule has 0 saturated heterocycles. The molecular weight excluding hydrogens is 316 g/mol. The highest BCUT2D eigenvalue weighted by molar-refractivity contribution is 7.99. The molecule has 0 radical (unpaired) electrons. The molecule has 1 aromatic heterocycles. The fourth-order valence-electron chi connectivity index (χ4n) is 3.13. The van der Waals surface area contributed by atoms with E-state index >= 15 is 0 Å². The molecule has 0 bridgehead atoms. The fraction of sp³-hybridized carbons (Fsp3) is 0.250. The highest BCUT2D eigenvalue weighted by Gasteiger charge is 2.34. The number of methoxy groups -OCH3 is 1. The third-order valence-electron chi connectivity index (χ3n) is 4.42. The van der Waals surface area contributed by atoms with Crippen molar-refractivity contribution in [3.8, 4) is 22.7 Å². The van der Waals surface area contributed by atoms with E-state index in [0.29, 0.717) is 5.25 Å². The van der Waals surface area contributed by atoms with Crippen molar-refractivity contribution in [1.29, 1.82) is 0 Å². The second-order valence-electron chi connectivity index (χ2n) is 6.27. The van der Waals surface area contributed by atoms with Gasteiger partial charge in [-0.15, -0.1) is 0 Å². The Hall–Kier alpha value is -2.20. The van der Waals surface area contributed by atoms with E-state index in [1.807, 2.05) is 23.9 Å². The lowest BCUT2D eigenvalue weighted by Gasteiger charge is -2.02. The molecule has 4 heteroatoms. The van der Waals surface area contributed by atoms with Crippen molar-refractivity contribution in [2.45, 2.75) is 30.8 Å². The smallest absolute Gasteiger partial charge is 0.324 e. The first-order valence-corrected chi connectivity index (χ1v) is 9.07. The fourth-order valence-corrected chi connectivity index (χ4v) is 4.29. The zero-order valence-electron chi connectivity index (χ0n) is 14.2. The zero-order valence-corrected chi connectivity index (χ0v) is 15.0. The van der Waals surface area contributed by atoms with Gasteiger partial charge in [-0.1, -0.05) is 29.8 Å². The third-order valence-corrected chi connectivity index (χ3v) is 5.60. The molecule has 1 aliphatic rings. The van der Waals surface area contributed by atoms with Crippen LogP contribution in [0.1, 0.15) is 12.5 Å². The summed E-state index contributed by atoms with van der Waals surface area (Å²) in [6, 6.07) is 17.0. The number of ether oxygens (including phenoxy) is 1. The summed E-state index contributed by atoms with van der Waals surface area (Å²) < 4.78 is 10.0. The average molecular weight is 337 g/mol. The first-order valence-electron chi connectivity index (χ1n) is 8.19. The number of aryl methyl sites for hydroxylation is 1. The van der Waals surface area contributed by atoms with E-state index in [9.17, 15) is 0 Å². The third kappa shape index (κ3) is 2.61. The lowest BCUT2D eigenvalue weighted by molar-refractivity contribution is -0.715. The molecule has 1 atom stereocenters. The van der Waals surface area contributed by atoms with Crippen LogP contribution in [0.4, 0.5) is 0 Å². The SMILES string of the molecule is COc1ccc(-n2cc(-c3ccc(C)cc3)[n+]3c2S[C@@H](C)C3)cc1. The summed E-state index contributed by atoms with van der Waals surface area (Å²) in [4.78, 5) is 0. The topological polar surface area (TPSA) is 18.0 Å². The molecular formula is C20H21N2OS+. The zero-order chi connectivity index (χ0) is 16.7. The second kappa shape index (κ2) is 6.02. The van der Waals surface area contributed by atoms with Crippen LogP contribution in [-0.2, 0) is 6.54 Å². The lowest BCUT2D eigenvalue weighted by atomic mass is 10.1. The molecule has 3 nitrogen and oxygen atoms in total. The largest absolute Gasteiger partial charge is 0.497 e. The Balaban J connectivity index is 1.83. The van der Waals surface area contributed by atoms with E-state index in [4.69, 9.17) is 4.74 Å². The Morgan fingerprint density at radius 1 is 1.08 bits per heavy atom. The predicted molar refractivity (Wildman–Crippen MR) is 98.0 cm³/mol. The minimum absolute atomic E-state index is 0.592. The van der Waals surface area contributed by atoms with Gasteiger partial charge in [0.1, 0.15) is 24.2 Å². The van der Waals surface area contributed by atoms with Crippen LogP contribution in [0.3, 0.4) is 0 Å². The first kappa shape index (κ1) is 15.3. The van der Waals surface area contributed by atoms with Gasteiger partial charge in [-0.05, 0) is 49.9 Å². The molecule has 3 aromatic rings. The number of imidazole rings is 1. The number of thioether (sulfide) groups is 1. The Morgan fingerprint density at radius 3 is 2.46 bits per heavy atom. The molecule has 0 fully saturated rings. The van der Waals surface area contributed by atoms with Crippen LogP contribution >= 0.6 is 11.8 Å². The van der Waals surface area contributed by atoms with Crippen LogP contribution in [0.2, 0.25) is 0 Å². The summed E-state index contributed by atoms with van der Waals surface area (Å²) in [5.74, 6) is 0.884. The summed E-state index contributed by atoms with van der Waals surface area (Å²) in [5.41, 5.74) is 5.00. The summed E-state index contributed by atoms with van der Waals surface area (Å²) in [5, 5.41) is 1.89. The molecule has 0 aliphatic carbocycles. The molecule has 4 rings (SSSR count). The number of aromatic nitrogens is 2. The van der Waals surface area contributed by atoms with Crippen LogP contribution in [0.15, 0.2) is 59.9 Å². The van der Waals surface area contributed by atoms with Crippen LogP contribution in [0, 0.1) is 6.92 Å². The summed E-state index contributed by atoms with van der Waals surface area (Å²) in [6.07, 6.45) is 2.25. The van der Waals surface area contributed by atoms with Crippen molar-refractivity contribution in [2.24, 2.45) is 0 Å². The predicted octanol–water partition coefficient (Wildman–Crippen LogP) is 4.24. The van der Waals surface area contributed by atoms with Gasteiger partial charge in [0.2, 0.25) is 0 Å². The number of nitrogens with zero attached hydrogens (tertiary/aromatic N) is 2. The molecule has 2 aromatic carbocycles. The van der Waals surface area contributed by atoms with Crippen LogP contribution in [0.25, 0.3) is 16.9 Å². The van der Waals surface area contributed by atoms with Gasteiger partial charge < -0.3 is 4.74 Å². The van der Waals surface area contributed by atoms with Crippen LogP contribution in [-0.4, -0.2) is 16.9 Å². The normalized spacial score (nSPS) is 16.2. The summed E-state index contributed by atoms with van der Waals surface area (Å²) in [7, 11) is 1.70. The van der Waals surface area contributed by atoms with Gasteiger partial charge >= 0.3 is 5.16 Å². The maximum atomic E-state index is 5.28. The maximum Gasteiger partial charge on any atom is 0.324 e. The van der Waals surface area contributed by atoms with E-state index in [1.165, 1.54) is 27.7 Å².